The maximum atomic E-state index is 14.1. The molecular formula is C42H50N10O8. The zero-order valence-electron chi connectivity index (χ0n) is 33.6. The number of nitrogens with one attached hydrogen (secondary N) is 7. The molecule has 2 heterocycles. The number of amides is 8. The van der Waals surface area contributed by atoms with Gasteiger partial charge < -0.3 is 47.5 Å². The van der Waals surface area contributed by atoms with Crippen LogP contribution in [0.2, 0.25) is 0 Å². The maximum Gasteiger partial charge on any atom is 0.257 e. The lowest BCUT2D eigenvalue weighted by atomic mass is 10.0. The third-order valence-electron chi connectivity index (χ3n) is 9.98. The molecule has 9 N–H and O–H groups in total. The van der Waals surface area contributed by atoms with E-state index in [1.54, 1.807) is 12.1 Å². The van der Waals surface area contributed by atoms with Crippen LogP contribution in [-0.4, -0.2) is 105 Å². The highest BCUT2D eigenvalue weighted by Gasteiger charge is 2.38. The van der Waals surface area contributed by atoms with Crippen LogP contribution in [0, 0.1) is 0 Å². The fraction of sp³-hybridized carbons (Fsp3) is 0.357. The summed E-state index contributed by atoms with van der Waals surface area (Å²) in [6.07, 6.45) is 4.62. The van der Waals surface area contributed by atoms with E-state index in [0.29, 0.717) is 18.5 Å². The molecule has 8 amide bonds. The fourth-order valence-electron chi connectivity index (χ4n) is 6.78. The normalized spacial score (nSPS) is 15.6. The number of aromatic amines is 1. The quantitative estimate of drug-likeness (QED) is 0.0657. The number of hydrogen-bond acceptors (Lipinski definition) is 9. The number of unbranched alkanes of at least 4 members (excludes halogenated alkanes) is 1. The molecule has 18 heteroatoms. The van der Waals surface area contributed by atoms with E-state index in [-0.39, 0.29) is 24.1 Å². The van der Waals surface area contributed by atoms with Gasteiger partial charge in [0.25, 0.3) is 5.91 Å². The first-order valence-corrected chi connectivity index (χ1v) is 19.6. The second-order valence-corrected chi connectivity index (χ2v) is 14.6. The van der Waals surface area contributed by atoms with E-state index in [1.807, 2.05) is 49.4 Å². The van der Waals surface area contributed by atoms with E-state index < -0.39 is 90.6 Å². The smallest absolute Gasteiger partial charge is 0.257 e. The van der Waals surface area contributed by atoms with Crippen molar-refractivity contribution in [1.29, 1.82) is 0 Å². The maximum absolute atomic E-state index is 14.1. The van der Waals surface area contributed by atoms with Crippen molar-refractivity contribution in [3.63, 3.8) is 0 Å². The van der Waals surface area contributed by atoms with Gasteiger partial charge in [-0.1, -0.05) is 74.4 Å². The summed E-state index contributed by atoms with van der Waals surface area (Å²) in [6, 6.07) is 13.6. The van der Waals surface area contributed by atoms with E-state index in [4.69, 9.17) is 5.73 Å². The summed E-state index contributed by atoms with van der Waals surface area (Å²) in [5.74, 6) is -5.46. The number of nitrogens with two attached hydrogens (primary N) is 1. The molecule has 0 fully saturated rings. The zero-order chi connectivity index (χ0) is 43.3. The number of benzene rings is 3. The predicted octanol–water partition coefficient (Wildman–Crippen LogP) is 0.582. The van der Waals surface area contributed by atoms with E-state index in [1.165, 1.54) is 38.5 Å². The third-order valence-corrected chi connectivity index (χ3v) is 9.98. The molecule has 0 spiro atoms. The van der Waals surface area contributed by atoms with Crippen LogP contribution in [0.5, 0.6) is 0 Å². The van der Waals surface area contributed by atoms with Crippen molar-refractivity contribution in [3.8, 4) is 0 Å². The first-order valence-electron chi connectivity index (χ1n) is 19.6. The van der Waals surface area contributed by atoms with Crippen LogP contribution in [0.1, 0.15) is 61.6 Å². The van der Waals surface area contributed by atoms with E-state index >= 15 is 0 Å². The summed E-state index contributed by atoms with van der Waals surface area (Å²) in [7, 11) is 0. The largest absolute Gasteiger partial charge is 0.368 e. The van der Waals surface area contributed by atoms with E-state index in [2.05, 4.69) is 41.9 Å². The highest BCUT2D eigenvalue weighted by Crippen LogP contribution is 2.23. The summed E-state index contributed by atoms with van der Waals surface area (Å²) in [5, 5.41) is 17.7. The zero-order valence-corrected chi connectivity index (χ0v) is 33.6. The Balaban J connectivity index is 1.31. The van der Waals surface area contributed by atoms with Gasteiger partial charge in [-0.2, -0.15) is 0 Å². The number of para-hydroxylation sites is 1. The molecule has 0 bridgehead atoms. The van der Waals surface area contributed by atoms with Crippen LogP contribution in [0.3, 0.4) is 0 Å². The van der Waals surface area contributed by atoms with Crippen LogP contribution in [-0.2, 0) is 46.4 Å². The van der Waals surface area contributed by atoms with Crippen LogP contribution < -0.4 is 37.6 Å². The van der Waals surface area contributed by atoms with Crippen LogP contribution in [0.15, 0.2) is 79.3 Å². The van der Waals surface area contributed by atoms with Gasteiger partial charge in [-0.15, -0.1) is 0 Å². The molecule has 5 atom stereocenters. The summed E-state index contributed by atoms with van der Waals surface area (Å²) in [5.41, 5.74) is 7.19. The number of anilines is 1. The molecule has 3 aromatic carbocycles. The van der Waals surface area contributed by atoms with Crippen molar-refractivity contribution in [3.05, 3.63) is 96.1 Å². The van der Waals surface area contributed by atoms with Crippen LogP contribution in [0.25, 0.3) is 10.8 Å². The first kappa shape index (κ1) is 44.0. The van der Waals surface area contributed by atoms with Gasteiger partial charge in [-0.3, -0.25) is 38.4 Å². The molecule has 5 rings (SSSR count). The predicted molar refractivity (Wildman–Crippen MR) is 221 cm³/mol. The Hall–Kier alpha value is -7.11. The van der Waals surface area contributed by atoms with Gasteiger partial charge in [0, 0.05) is 38.2 Å². The third kappa shape index (κ3) is 11.7. The second kappa shape index (κ2) is 20.5. The minimum absolute atomic E-state index is 0.0587. The summed E-state index contributed by atoms with van der Waals surface area (Å²) in [4.78, 5) is 114. The van der Waals surface area contributed by atoms with Gasteiger partial charge in [-0.25, -0.2) is 4.98 Å². The Bertz CT molecular complexity index is 2230. The number of imidazole rings is 1. The van der Waals surface area contributed by atoms with Crippen molar-refractivity contribution >= 4 is 63.7 Å². The first-order chi connectivity index (χ1) is 28.7. The van der Waals surface area contributed by atoms with E-state index in [9.17, 15) is 38.4 Å². The molecule has 0 saturated carbocycles. The molecule has 1 aliphatic heterocycles. The minimum atomic E-state index is -1.44. The average Bonchev–Trinajstić information content (AvgIpc) is 3.71. The topological polar surface area (TPSA) is 267 Å². The van der Waals surface area contributed by atoms with Crippen molar-refractivity contribution in [2.75, 3.05) is 18.4 Å². The molecule has 1 unspecified atom stereocenters. The Morgan fingerprint density at radius 2 is 1.57 bits per heavy atom. The van der Waals surface area contributed by atoms with Gasteiger partial charge in [0.05, 0.1) is 17.6 Å². The Morgan fingerprint density at radius 1 is 0.833 bits per heavy atom. The minimum Gasteiger partial charge on any atom is -0.368 e. The molecule has 4 aromatic rings. The molecule has 316 valence electrons. The van der Waals surface area contributed by atoms with Gasteiger partial charge in [0.2, 0.25) is 41.4 Å². The molecular weight excluding hydrogens is 773 g/mol. The highest BCUT2D eigenvalue weighted by molar-refractivity contribution is 6.11. The number of fused-ring (bicyclic) bond motifs is 2. The summed E-state index contributed by atoms with van der Waals surface area (Å²) >= 11 is 0. The van der Waals surface area contributed by atoms with E-state index in [0.717, 1.165) is 27.7 Å². The lowest BCUT2D eigenvalue weighted by molar-refractivity contribution is -0.133. The molecule has 1 aliphatic rings. The Kier molecular flexibility index (Phi) is 15.1. The van der Waals surface area contributed by atoms with Gasteiger partial charge in [0.15, 0.2) is 0 Å². The lowest BCUT2D eigenvalue weighted by Gasteiger charge is -2.29. The number of primary amides is 1. The molecule has 1 aromatic heterocycles. The highest BCUT2D eigenvalue weighted by atomic mass is 16.2. The van der Waals surface area contributed by atoms with Gasteiger partial charge >= 0.3 is 0 Å². The van der Waals surface area contributed by atoms with Crippen molar-refractivity contribution in [1.82, 2.24) is 41.5 Å². The summed E-state index contributed by atoms with van der Waals surface area (Å²) < 4.78 is 0. The standard InChI is InChI=1S/C42H50N10O8/c1-4-5-13-32(48-25(3)53)40(58)47-24(2)38(56)51-34(19-29-20-44-23-46-29)39(57)45-21-35-41(59)50-31-14-9-8-12-30(31)42(60)52(35)22-36(54)49-33(37(43)55)18-26-15-16-27-10-6-7-11-28(27)17-26/h6-12,14-17,20,23-24,32-35H,4-5,13,18-19,21-22H2,1-3H3,(H2,43,55)(H,44,46)(H,45,57)(H,47,58)(H,48,53)(H,49,54)(H,50,59)(H,51,56)/t24-,32-,33-,34-,35?/m0/s1. The number of hydrogen-bond donors (Lipinski definition) is 8. The number of carbonyl (C=O) groups is 8. The molecule has 18 nitrogen and oxygen atoms in total. The Labute approximate surface area is 346 Å². The van der Waals surface area contributed by atoms with Crippen molar-refractivity contribution in [2.24, 2.45) is 5.73 Å². The number of rotatable bonds is 19. The number of carbonyl (C=O) groups excluding carboxylic acids is 8. The summed E-state index contributed by atoms with van der Waals surface area (Å²) in [6.45, 7) is 3.47. The molecule has 60 heavy (non-hydrogen) atoms. The number of aromatic nitrogens is 2. The molecule has 0 saturated heterocycles. The fourth-order valence-corrected chi connectivity index (χ4v) is 6.78. The van der Waals surface area contributed by atoms with Crippen molar-refractivity contribution < 1.29 is 38.4 Å². The number of nitrogens with zero attached hydrogens (tertiary/aromatic N) is 2. The monoisotopic (exact) mass is 822 g/mol. The molecule has 0 aliphatic carbocycles. The number of H-pyrrole nitrogens is 1. The molecule has 0 radical (unpaired) electrons. The van der Waals surface area contributed by atoms with Gasteiger partial charge in [0.1, 0.15) is 36.8 Å². The average molecular weight is 823 g/mol. The van der Waals surface area contributed by atoms with Crippen LogP contribution in [0.4, 0.5) is 5.69 Å². The SMILES string of the molecule is CCCC[C@H](NC(C)=O)C(=O)N[C@@H](C)C(=O)N[C@@H](Cc1cnc[nH]1)C(=O)NCC1C(=O)Nc2ccccc2C(=O)N1CC(=O)N[C@@H](Cc1ccc2ccccc2c1)C(N)=O. The van der Waals surface area contributed by atoms with Crippen LogP contribution >= 0.6 is 0 Å². The lowest BCUT2D eigenvalue weighted by Crippen LogP contribution is -2.59. The van der Waals surface area contributed by atoms with Gasteiger partial charge in [-0.05, 0) is 41.8 Å². The second-order valence-electron chi connectivity index (χ2n) is 14.6. The van der Waals surface area contributed by atoms with Crippen molar-refractivity contribution in [2.45, 2.75) is 83.1 Å². The Morgan fingerprint density at radius 3 is 2.27 bits per heavy atom.